The summed E-state index contributed by atoms with van der Waals surface area (Å²) >= 11 is 0. The first-order chi connectivity index (χ1) is 8.77. The smallest absolute Gasteiger partial charge is 0.0996 e. The van der Waals surface area contributed by atoms with Gasteiger partial charge in [-0.2, -0.15) is 0 Å². The van der Waals surface area contributed by atoms with Gasteiger partial charge in [-0.25, -0.2) is 0 Å². The summed E-state index contributed by atoms with van der Waals surface area (Å²) in [5.74, 6) is 0. The maximum atomic E-state index is 4.18. The Kier molecular flexibility index (Phi) is 7.65. The van der Waals surface area contributed by atoms with E-state index in [0.29, 0.717) is 6.04 Å². The molecule has 0 aliphatic heterocycles. The van der Waals surface area contributed by atoms with Crippen LogP contribution < -0.4 is 5.32 Å². The quantitative estimate of drug-likeness (QED) is 0.650. The zero-order valence-electron chi connectivity index (χ0n) is 12.2. The van der Waals surface area contributed by atoms with Crippen LogP contribution in [0.3, 0.4) is 0 Å². The lowest BCUT2D eigenvalue weighted by Crippen LogP contribution is -2.16. The summed E-state index contributed by atoms with van der Waals surface area (Å²) in [6, 6.07) is 0.356. The highest BCUT2D eigenvalue weighted by molar-refractivity contribution is 4.99. The highest BCUT2D eigenvalue weighted by atomic mass is 15.4. The fourth-order valence-electron chi connectivity index (χ4n) is 2.27. The van der Waals surface area contributed by atoms with Crippen LogP contribution >= 0.6 is 0 Å². The Bertz CT molecular complexity index is 308. The molecule has 0 radical (unpaired) electrons. The van der Waals surface area contributed by atoms with Gasteiger partial charge in [0.2, 0.25) is 0 Å². The number of nitrogens with zero attached hydrogens (tertiary/aromatic N) is 3. The number of rotatable bonds is 10. The van der Waals surface area contributed by atoms with Gasteiger partial charge in [0.15, 0.2) is 0 Å². The van der Waals surface area contributed by atoms with Crippen molar-refractivity contribution in [3.63, 3.8) is 0 Å². The third-order valence-electron chi connectivity index (χ3n) is 3.42. The molecule has 0 aliphatic carbocycles. The minimum absolute atomic E-state index is 0.356. The second-order valence-electron chi connectivity index (χ2n) is 5.07. The van der Waals surface area contributed by atoms with E-state index in [1.165, 1.54) is 44.9 Å². The second kappa shape index (κ2) is 9.09. The molecule has 4 heteroatoms. The average molecular weight is 252 g/mol. The van der Waals surface area contributed by atoms with Gasteiger partial charge in [-0.1, -0.05) is 57.1 Å². The third-order valence-corrected chi connectivity index (χ3v) is 3.42. The van der Waals surface area contributed by atoms with Crippen molar-refractivity contribution >= 4 is 0 Å². The number of aromatic nitrogens is 3. The molecule has 1 unspecified atom stereocenters. The van der Waals surface area contributed by atoms with Crippen molar-refractivity contribution < 1.29 is 0 Å². The standard InChI is InChI=1S/C14H28N4/c1-4-5-6-7-8-9-10-11-13(15-2)14-12-18(3)17-16-14/h12-13,15H,4-11H2,1-3H3. The SMILES string of the molecule is CCCCCCCCCC(NC)c1cn(C)nn1. The molecule has 1 aromatic rings. The van der Waals surface area contributed by atoms with Crippen molar-refractivity contribution in [1.29, 1.82) is 0 Å². The van der Waals surface area contributed by atoms with Crippen LogP contribution in [0.5, 0.6) is 0 Å². The highest BCUT2D eigenvalue weighted by Gasteiger charge is 2.11. The molecule has 1 atom stereocenters. The number of hydrogen-bond donors (Lipinski definition) is 1. The molecule has 4 nitrogen and oxygen atoms in total. The first kappa shape index (κ1) is 15.2. The number of nitrogens with one attached hydrogen (secondary N) is 1. The topological polar surface area (TPSA) is 42.7 Å². The van der Waals surface area contributed by atoms with Gasteiger partial charge < -0.3 is 5.32 Å². The van der Waals surface area contributed by atoms with E-state index in [1.54, 1.807) is 4.68 Å². The third kappa shape index (κ3) is 5.63. The molecular weight excluding hydrogens is 224 g/mol. The summed E-state index contributed by atoms with van der Waals surface area (Å²) in [5, 5.41) is 11.5. The highest BCUT2D eigenvalue weighted by Crippen LogP contribution is 2.17. The summed E-state index contributed by atoms with van der Waals surface area (Å²) < 4.78 is 1.77. The predicted octanol–water partition coefficient (Wildman–Crippen LogP) is 3.22. The van der Waals surface area contributed by atoms with Crippen molar-refractivity contribution in [2.45, 2.75) is 64.3 Å². The fourth-order valence-corrected chi connectivity index (χ4v) is 2.27. The van der Waals surface area contributed by atoms with E-state index in [2.05, 4.69) is 22.6 Å². The normalized spacial score (nSPS) is 12.8. The predicted molar refractivity (Wildman–Crippen MR) is 75.4 cm³/mol. The lowest BCUT2D eigenvalue weighted by molar-refractivity contribution is 0.487. The van der Waals surface area contributed by atoms with Gasteiger partial charge in [0, 0.05) is 13.2 Å². The van der Waals surface area contributed by atoms with Crippen molar-refractivity contribution in [2.24, 2.45) is 7.05 Å². The van der Waals surface area contributed by atoms with E-state index in [4.69, 9.17) is 0 Å². The molecule has 0 aliphatic rings. The van der Waals surface area contributed by atoms with Crippen LogP contribution in [0.2, 0.25) is 0 Å². The maximum absolute atomic E-state index is 4.18. The van der Waals surface area contributed by atoms with E-state index in [1.807, 2.05) is 20.3 Å². The summed E-state index contributed by atoms with van der Waals surface area (Å²) in [6.07, 6.45) is 12.6. The molecule has 1 rings (SSSR count). The largest absolute Gasteiger partial charge is 0.312 e. The molecule has 0 aromatic carbocycles. The number of unbranched alkanes of at least 4 members (excludes halogenated alkanes) is 6. The molecule has 1 N–H and O–H groups in total. The van der Waals surface area contributed by atoms with Crippen molar-refractivity contribution in [1.82, 2.24) is 20.3 Å². The van der Waals surface area contributed by atoms with E-state index in [-0.39, 0.29) is 0 Å². The van der Waals surface area contributed by atoms with Crippen LogP contribution in [-0.4, -0.2) is 22.0 Å². The molecule has 18 heavy (non-hydrogen) atoms. The molecule has 0 bridgehead atoms. The van der Waals surface area contributed by atoms with E-state index < -0.39 is 0 Å². The number of aryl methyl sites for hydroxylation is 1. The molecule has 0 amide bonds. The van der Waals surface area contributed by atoms with Crippen LogP contribution in [0.1, 0.15) is 70.0 Å². The summed E-state index contributed by atoms with van der Waals surface area (Å²) in [5.41, 5.74) is 1.06. The Morgan fingerprint density at radius 2 is 1.83 bits per heavy atom. The minimum Gasteiger partial charge on any atom is -0.312 e. The molecule has 0 spiro atoms. The van der Waals surface area contributed by atoms with Gasteiger partial charge in [0.25, 0.3) is 0 Å². The molecular formula is C14H28N4. The zero-order chi connectivity index (χ0) is 13.2. The average Bonchev–Trinajstić information content (AvgIpc) is 2.79. The Labute approximate surface area is 111 Å². The molecule has 1 aromatic heterocycles. The van der Waals surface area contributed by atoms with E-state index in [0.717, 1.165) is 12.1 Å². The monoisotopic (exact) mass is 252 g/mol. The Hall–Kier alpha value is -0.900. The zero-order valence-corrected chi connectivity index (χ0v) is 12.2. The molecule has 0 fully saturated rings. The van der Waals surface area contributed by atoms with Gasteiger partial charge >= 0.3 is 0 Å². The molecule has 0 saturated heterocycles. The molecule has 104 valence electrons. The van der Waals surface area contributed by atoms with Gasteiger partial charge in [-0.3, -0.25) is 4.68 Å². The van der Waals surface area contributed by atoms with E-state index >= 15 is 0 Å². The lowest BCUT2D eigenvalue weighted by atomic mass is 10.0. The van der Waals surface area contributed by atoms with E-state index in [9.17, 15) is 0 Å². The van der Waals surface area contributed by atoms with Crippen molar-refractivity contribution in [3.05, 3.63) is 11.9 Å². The van der Waals surface area contributed by atoms with Crippen LogP contribution in [0.4, 0.5) is 0 Å². The lowest BCUT2D eigenvalue weighted by Gasteiger charge is -2.12. The van der Waals surface area contributed by atoms with Crippen LogP contribution in [0, 0.1) is 0 Å². The molecule has 1 heterocycles. The Morgan fingerprint density at radius 1 is 1.17 bits per heavy atom. The number of hydrogen-bond acceptors (Lipinski definition) is 3. The van der Waals surface area contributed by atoms with Crippen LogP contribution in [0.15, 0.2) is 6.20 Å². The first-order valence-corrected chi connectivity index (χ1v) is 7.31. The van der Waals surface area contributed by atoms with Crippen LogP contribution in [0.25, 0.3) is 0 Å². The van der Waals surface area contributed by atoms with Crippen molar-refractivity contribution in [2.75, 3.05) is 7.05 Å². The second-order valence-corrected chi connectivity index (χ2v) is 5.07. The Balaban J connectivity index is 2.13. The van der Waals surface area contributed by atoms with Gasteiger partial charge in [-0.05, 0) is 13.5 Å². The Morgan fingerprint density at radius 3 is 2.39 bits per heavy atom. The summed E-state index contributed by atoms with van der Waals surface area (Å²) in [7, 11) is 3.91. The van der Waals surface area contributed by atoms with Crippen LogP contribution in [-0.2, 0) is 7.05 Å². The van der Waals surface area contributed by atoms with Gasteiger partial charge in [0.05, 0.1) is 11.7 Å². The van der Waals surface area contributed by atoms with Gasteiger partial charge in [0.1, 0.15) is 0 Å². The minimum atomic E-state index is 0.356. The maximum Gasteiger partial charge on any atom is 0.0996 e. The van der Waals surface area contributed by atoms with Crippen molar-refractivity contribution in [3.8, 4) is 0 Å². The molecule has 0 saturated carbocycles. The first-order valence-electron chi connectivity index (χ1n) is 7.31. The fraction of sp³-hybridized carbons (Fsp3) is 0.857. The van der Waals surface area contributed by atoms with Gasteiger partial charge in [-0.15, -0.1) is 5.10 Å². The summed E-state index contributed by atoms with van der Waals surface area (Å²) in [6.45, 7) is 2.26. The summed E-state index contributed by atoms with van der Waals surface area (Å²) in [4.78, 5) is 0.